The second-order valence-corrected chi connectivity index (χ2v) is 13.3. The van der Waals surface area contributed by atoms with Crippen LogP contribution in [-0.4, -0.2) is 66.4 Å². The zero-order valence-electron chi connectivity index (χ0n) is 22.6. The normalized spacial score (nSPS) is 19.2. The summed E-state index contributed by atoms with van der Waals surface area (Å²) in [6.07, 6.45) is 2.57. The van der Waals surface area contributed by atoms with Crippen LogP contribution in [0.2, 0.25) is 0 Å². The number of carbonyl (C=O) groups is 1. The van der Waals surface area contributed by atoms with Gasteiger partial charge in [0.1, 0.15) is 21.8 Å². The summed E-state index contributed by atoms with van der Waals surface area (Å²) >= 11 is 6.55. The van der Waals surface area contributed by atoms with Gasteiger partial charge in [0, 0.05) is 18.7 Å². The summed E-state index contributed by atoms with van der Waals surface area (Å²) in [5.41, 5.74) is 1.53. The molecule has 1 unspecified atom stereocenters. The van der Waals surface area contributed by atoms with Gasteiger partial charge in [-0.3, -0.25) is 19.1 Å². The van der Waals surface area contributed by atoms with E-state index in [4.69, 9.17) is 21.7 Å². The molecule has 40 heavy (non-hydrogen) atoms. The lowest BCUT2D eigenvalue weighted by Gasteiger charge is -2.21. The fraction of sp³-hybridized carbons (Fsp3) is 0.407. The third-order valence-corrected chi connectivity index (χ3v) is 10.1. The van der Waals surface area contributed by atoms with E-state index in [0.717, 1.165) is 17.3 Å². The molecule has 1 atom stereocenters. The highest BCUT2D eigenvalue weighted by atomic mass is 32.2. The topological polar surface area (TPSA) is 131 Å². The lowest BCUT2D eigenvalue weighted by atomic mass is 10.0. The molecule has 212 valence electrons. The molecular formula is C27H30N4O6S3. The van der Waals surface area contributed by atoms with Gasteiger partial charge in [0.25, 0.3) is 11.5 Å². The third kappa shape index (κ3) is 5.75. The summed E-state index contributed by atoms with van der Waals surface area (Å²) in [4.78, 5) is 28.2. The van der Waals surface area contributed by atoms with Crippen LogP contribution in [-0.2, 0) is 27.6 Å². The number of thioether (sulfide) groups is 1. The Balaban J connectivity index is 1.69. The van der Waals surface area contributed by atoms with E-state index in [1.165, 1.54) is 9.47 Å². The number of hydrogen-bond acceptors (Lipinski definition) is 10. The Morgan fingerprint density at radius 2 is 1.98 bits per heavy atom. The van der Waals surface area contributed by atoms with Crippen LogP contribution in [0.3, 0.4) is 0 Å². The zero-order chi connectivity index (χ0) is 29.2. The molecule has 2 aromatic rings. The summed E-state index contributed by atoms with van der Waals surface area (Å²) in [5, 5.41) is 13.1. The number of carbonyl (C=O) groups excluding carboxylic acids is 1. The Labute approximate surface area is 242 Å². The van der Waals surface area contributed by atoms with Crippen molar-refractivity contribution in [1.82, 2.24) is 9.47 Å². The predicted octanol–water partition coefficient (Wildman–Crippen LogP) is 3.11. The molecule has 10 nitrogen and oxygen atoms in total. The van der Waals surface area contributed by atoms with Crippen LogP contribution in [0.4, 0.5) is 5.82 Å². The average Bonchev–Trinajstić information content (AvgIpc) is 3.42. The Bertz CT molecular complexity index is 1610. The molecule has 1 aromatic heterocycles. The van der Waals surface area contributed by atoms with Crippen molar-refractivity contribution >= 4 is 55.9 Å². The fourth-order valence-electron chi connectivity index (χ4n) is 4.92. The van der Waals surface area contributed by atoms with Gasteiger partial charge in [0.05, 0.1) is 36.7 Å². The molecule has 0 bridgehead atoms. The first-order chi connectivity index (χ1) is 19.0. The minimum atomic E-state index is -3.22. The second-order valence-electron chi connectivity index (χ2n) is 9.40. The van der Waals surface area contributed by atoms with Crippen molar-refractivity contribution in [3.05, 3.63) is 55.7 Å². The lowest BCUT2D eigenvalue weighted by molar-refractivity contribution is -0.123. The molecular weight excluding hydrogens is 573 g/mol. The lowest BCUT2D eigenvalue weighted by Crippen LogP contribution is -2.39. The summed E-state index contributed by atoms with van der Waals surface area (Å²) in [6, 6.07) is 7.14. The van der Waals surface area contributed by atoms with Crippen molar-refractivity contribution in [2.45, 2.75) is 39.3 Å². The van der Waals surface area contributed by atoms with Gasteiger partial charge in [-0.15, -0.1) is 0 Å². The largest absolute Gasteiger partial charge is 0.493 e. The Morgan fingerprint density at radius 3 is 2.58 bits per heavy atom. The second kappa shape index (κ2) is 12.0. The van der Waals surface area contributed by atoms with Crippen LogP contribution in [0.5, 0.6) is 11.5 Å². The maximum atomic E-state index is 13.4. The number of nitrogens with one attached hydrogen (secondary N) is 1. The Kier molecular flexibility index (Phi) is 8.92. The van der Waals surface area contributed by atoms with Gasteiger partial charge in [-0.2, -0.15) is 5.26 Å². The molecule has 1 amide bonds. The van der Waals surface area contributed by atoms with Crippen LogP contribution < -0.4 is 20.3 Å². The number of thiocarbonyl (C=S) groups is 1. The molecule has 1 N–H and O–H groups in total. The molecule has 0 saturated carbocycles. The van der Waals surface area contributed by atoms with E-state index < -0.39 is 21.4 Å². The van der Waals surface area contributed by atoms with Crippen LogP contribution in [0.15, 0.2) is 27.9 Å². The van der Waals surface area contributed by atoms with Crippen molar-refractivity contribution in [2.75, 3.05) is 37.6 Å². The molecule has 1 aromatic carbocycles. The molecule has 2 fully saturated rings. The highest BCUT2D eigenvalue weighted by molar-refractivity contribution is 8.26. The first kappa shape index (κ1) is 29.6. The van der Waals surface area contributed by atoms with E-state index in [2.05, 4.69) is 5.32 Å². The van der Waals surface area contributed by atoms with Gasteiger partial charge < -0.3 is 14.8 Å². The highest BCUT2D eigenvalue weighted by Gasteiger charge is 2.42. The summed E-state index contributed by atoms with van der Waals surface area (Å²) < 4.78 is 36.5. The number of rotatable bonds is 9. The van der Waals surface area contributed by atoms with E-state index in [1.54, 1.807) is 34.1 Å². The fourth-order valence-corrected chi connectivity index (χ4v) is 8.00. The van der Waals surface area contributed by atoms with Gasteiger partial charge in [-0.05, 0) is 56.0 Å². The minimum Gasteiger partial charge on any atom is -0.493 e. The highest BCUT2D eigenvalue weighted by Crippen LogP contribution is 2.38. The number of nitriles is 1. The molecule has 2 aliphatic rings. The van der Waals surface area contributed by atoms with E-state index in [0.29, 0.717) is 63.6 Å². The van der Waals surface area contributed by atoms with Gasteiger partial charge in [-0.1, -0.05) is 30.0 Å². The van der Waals surface area contributed by atoms with Crippen LogP contribution in [0.25, 0.3) is 6.08 Å². The standard InChI is InChI=1S/C27H30N4O6S3/c1-5-30-24(29-10-8-17-6-7-21(36-3)22(12-17)37-4)19(16(2)20(14-28)25(30)32)13-23-26(33)31(27(38)39-23)18-9-11-40(34,35)15-18/h6-7,12-13,18,29H,5,8-11,15H2,1-4H3/b23-13+. The monoisotopic (exact) mass is 602 g/mol. The van der Waals surface area contributed by atoms with E-state index in [-0.39, 0.29) is 23.0 Å². The molecule has 3 heterocycles. The molecule has 4 rings (SSSR count). The number of hydrogen-bond donors (Lipinski definition) is 1. The first-order valence-electron chi connectivity index (χ1n) is 12.6. The van der Waals surface area contributed by atoms with Crippen molar-refractivity contribution in [2.24, 2.45) is 0 Å². The average molecular weight is 603 g/mol. The van der Waals surface area contributed by atoms with E-state index in [1.807, 2.05) is 24.3 Å². The van der Waals surface area contributed by atoms with Gasteiger partial charge in [-0.25, -0.2) is 8.42 Å². The zero-order valence-corrected chi connectivity index (χ0v) is 25.1. The first-order valence-corrected chi connectivity index (χ1v) is 15.7. The Morgan fingerprint density at radius 1 is 1.25 bits per heavy atom. The van der Waals surface area contributed by atoms with E-state index in [9.17, 15) is 23.3 Å². The smallest absolute Gasteiger partial charge is 0.270 e. The van der Waals surface area contributed by atoms with Gasteiger partial charge in [0.15, 0.2) is 21.3 Å². The predicted molar refractivity (Wildman–Crippen MR) is 160 cm³/mol. The number of ether oxygens (including phenoxy) is 2. The number of nitrogens with zero attached hydrogens (tertiary/aromatic N) is 3. The van der Waals surface area contributed by atoms with E-state index >= 15 is 0 Å². The number of sulfone groups is 1. The SMILES string of the molecule is CCn1c(NCCc2ccc(OC)c(OC)c2)c(/C=C2/SC(=S)N(C3CCS(=O)(=O)C3)C2=O)c(C)c(C#N)c1=O. The number of amides is 1. The number of methoxy groups -OCH3 is 2. The van der Waals surface area contributed by atoms with Crippen molar-refractivity contribution in [3.8, 4) is 17.6 Å². The van der Waals surface area contributed by atoms with Crippen LogP contribution >= 0.6 is 24.0 Å². The molecule has 2 saturated heterocycles. The minimum absolute atomic E-state index is 0.00379. The molecule has 2 aliphatic heterocycles. The van der Waals surface area contributed by atoms with Crippen LogP contribution in [0, 0.1) is 18.3 Å². The maximum absolute atomic E-state index is 13.4. The number of aromatic nitrogens is 1. The van der Waals surface area contributed by atoms with Crippen molar-refractivity contribution < 1.29 is 22.7 Å². The Hall–Kier alpha value is -3.34. The number of pyridine rings is 1. The number of benzene rings is 1. The van der Waals surface area contributed by atoms with Crippen molar-refractivity contribution in [1.29, 1.82) is 5.26 Å². The molecule has 0 radical (unpaired) electrons. The van der Waals surface area contributed by atoms with Gasteiger partial charge in [0.2, 0.25) is 0 Å². The molecule has 13 heteroatoms. The quantitative estimate of drug-likeness (QED) is 0.337. The summed E-state index contributed by atoms with van der Waals surface area (Å²) in [6.45, 7) is 4.23. The molecule has 0 aliphatic carbocycles. The third-order valence-electron chi connectivity index (χ3n) is 7.02. The summed E-state index contributed by atoms with van der Waals surface area (Å²) in [5.74, 6) is 1.25. The van der Waals surface area contributed by atoms with Gasteiger partial charge >= 0.3 is 0 Å². The molecule has 0 spiro atoms. The maximum Gasteiger partial charge on any atom is 0.270 e. The summed E-state index contributed by atoms with van der Waals surface area (Å²) in [7, 11) is -0.0752. The number of anilines is 1. The van der Waals surface area contributed by atoms with Crippen molar-refractivity contribution in [3.63, 3.8) is 0 Å². The van der Waals surface area contributed by atoms with Crippen LogP contribution in [0.1, 0.15) is 35.6 Å².